The fraction of sp³-hybridized carbons (Fsp3) is 0.538. The van der Waals surface area contributed by atoms with Gasteiger partial charge in [-0.1, -0.05) is 12.8 Å². The average molecular weight is 268 g/mol. The number of hydrogen-bond acceptors (Lipinski definition) is 4. The van der Waals surface area contributed by atoms with E-state index in [4.69, 9.17) is 5.11 Å². The number of aliphatic hydroxyl groups is 1. The predicted octanol–water partition coefficient (Wildman–Crippen LogP) is 2.48. The number of hydrogen-bond donors (Lipinski definition) is 1. The van der Waals surface area contributed by atoms with Crippen molar-refractivity contribution in [2.75, 3.05) is 18.1 Å². The van der Waals surface area contributed by atoms with Gasteiger partial charge < -0.3 is 10.0 Å². The molecule has 1 saturated carbocycles. The van der Waals surface area contributed by atoms with Crippen LogP contribution in [0.4, 0.5) is 15.8 Å². The smallest absolute Gasteiger partial charge is 0.272 e. The molecular weight excluding hydrogens is 251 g/mol. The van der Waals surface area contributed by atoms with Gasteiger partial charge in [-0.2, -0.15) is 0 Å². The van der Waals surface area contributed by atoms with E-state index >= 15 is 0 Å². The van der Waals surface area contributed by atoms with Crippen molar-refractivity contribution in [1.82, 2.24) is 0 Å². The van der Waals surface area contributed by atoms with Crippen molar-refractivity contribution in [3.8, 4) is 0 Å². The highest BCUT2D eigenvalue weighted by atomic mass is 19.1. The normalized spacial score (nSPS) is 15.7. The van der Waals surface area contributed by atoms with E-state index in [2.05, 4.69) is 0 Å². The number of aliphatic hydroxyl groups excluding tert-OH is 1. The summed E-state index contributed by atoms with van der Waals surface area (Å²) in [5, 5.41) is 19.7. The van der Waals surface area contributed by atoms with Crippen LogP contribution in [0.1, 0.15) is 25.7 Å². The largest absolute Gasteiger partial charge is 0.395 e. The van der Waals surface area contributed by atoms with Gasteiger partial charge in [-0.15, -0.1) is 0 Å². The number of anilines is 1. The van der Waals surface area contributed by atoms with Gasteiger partial charge in [-0.3, -0.25) is 10.1 Å². The molecule has 6 heteroatoms. The maximum absolute atomic E-state index is 14.0. The van der Waals surface area contributed by atoms with Crippen LogP contribution in [0.15, 0.2) is 18.2 Å². The van der Waals surface area contributed by atoms with Crippen LogP contribution in [-0.4, -0.2) is 29.2 Å². The summed E-state index contributed by atoms with van der Waals surface area (Å²) in [7, 11) is 0. The Morgan fingerprint density at radius 3 is 2.63 bits per heavy atom. The van der Waals surface area contributed by atoms with E-state index in [1.165, 1.54) is 12.1 Å². The molecule has 0 spiro atoms. The van der Waals surface area contributed by atoms with Gasteiger partial charge in [0.05, 0.1) is 23.3 Å². The van der Waals surface area contributed by atoms with E-state index in [0.717, 1.165) is 31.7 Å². The van der Waals surface area contributed by atoms with Gasteiger partial charge in [0.1, 0.15) is 0 Å². The zero-order chi connectivity index (χ0) is 13.8. The second-order valence-electron chi connectivity index (χ2n) is 4.75. The first-order valence-electron chi connectivity index (χ1n) is 6.45. The highest BCUT2D eigenvalue weighted by Gasteiger charge is 2.25. The second kappa shape index (κ2) is 5.97. The monoisotopic (exact) mass is 268 g/mol. The average Bonchev–Trinajstić information content (AvgIpc) is 2.90. The standard InChI is InChI=1S/C13H17FN2O3/c14-12-9-11(16(18)19)5-6-13(12)15(7-8-17)10-3-1-2-4-10/h5-6,9-10,17H,1-4,7-8H2. The summed E-state index contributed by atoms with van der Waals surface area (Å²) in [6.45, 7) is 0.284. The van der Waals surface area contributed by atoms with Crippen molar-refractivity contribution in [3.63, 3.8) is 0 Å². The molecule has 104 valence electrons. The van der Waals surface area contributed by atoms with E-state index in [1.54, 1.807) is 0 Å². The molecule has 1 aromatic carbocycles. The summed E-state index contributed by atoms with van der Waals surface area (Å²) < 4.78 is 14.0. The topological polar surface area (TPSA) is 66.6 Å². The molecule has 0 radical (unpaired) electrons. The highest BCUT2D eigenvalue weighted by Crippen LogP contribution is 2.31. The Balaban J connectivity index is 2.28. The molecule has 19 heavy (non-hydrogen) atoms. The summed E-state index contributed by atoms with van der Waals surface area (Å²) in [4.78, 5) is 11.8. The first-order chi connectivity index (χ1) is 9.13. The predicted molar refractivity (Wildman–Crippen MR) is 69.7 cm³/mol. The lowest BCUT2D eigenvalue weighted by Gasteiger charge is -2.30. The van der Waals surface area contributed by atoms with Gasteiger partial charge in [-0.25, -0.2) is 4.39 Å². The maximum Gasteiger partial charge on any atom is 0.272 e. The summed E-state index contributed by atoms with van der Waals surface area (Å²) in [6.07, 6.45) is 4.13. The zero-order valence-corrected chi connectivity index (χ0v) is 10.6. The molecule has 0 atom stereocenters. The van der Waals surface area contributed by atoms with Crippen molar-refractivity contribution < 1.29 is 14.4 Å². The first kappa shape index (κ1) is 13.7. The molecule has 1 aliphatic rings. The molecular formula is C13H17FN2O3. The van der Waals surface area contributed by atoms with Crippen molar-refractivity contribution >= 4 is 11.4 Å². The molecule has 0 unspecified atom stereocenters. The summed E-state index contributed by atoms with van der Waals surface area (Å²) in [5.41, 5.74) is 0.0863. The quantitative estimate of drug-likeness (QED) is 0.658. The molecule has 0 aromatic heterocycles. The van der Waals surface area contributed by atoms with Gasteiger partial charge in [-0.05, 0) is 18.9 Å². The highest BCUT2D eigenvalue weighted by molar-refractivity contribution is 5.53. The Bertz CT molecular complexity index is 461. The molecule has 0 bridgehead atoms. The number of nitrogens with zero attached hydrogens (tertiary/aromatic N) is 2. The van der Waals surface area contributed by atoms with Crippen LogP contribution in [0.3, 0.4) is 0 Å². The Labute approximate surface area is 110 Å². The van der Waals surface area contributed by atoms with Crippen LogP contribution in [-0.2, 0) is 0 Å². The third-order valence-electron chi connectivity index (χ3n) is 3.56. The fourth-order valence-corrected chi connectivity index (χ4v) is 2.67. The summed E-state index contributed by atoms with van der Waals surface area (Å²) in [5.74, 6) is -0.602. The van der Waals surface area contributed by atoms with E-state index in [9.17, 15) is 14.5 Å². The number of rotatable bonds is 5. The molecule has 1 aliphatic carbocycles. The maximum atomic E-state index is 14.0. The molecule has 1 N–H and O–H groups in total. The van der Waals surface area contributed by atoms with Crippen LogP contribution in [0.5, 0.6) is 0 Å². The lowest BCUT2D eigenvalue weighted by Crippen LogP contribution is -2.36. The van der Waals surface area contributed by atoms with E-state index in [-0.39, 0.29) is 18.3 Å². The van der Waals surface area contributed by atoms with Gasteiger partial charge in [0.25, 0.3) is 5.69 Å². The minimum absolute atomic E-state index is 0.0626. The first-order valence-corrected chi connectivity index (χ1v) is 6.45. The van der Waals surface area contributed by atoms with E-state index in [0.29, 0.717) is 12.2 Å². The summed E-state index contributed by atoms with van der Waals surface area (Å²) in [6, 6.07) is 3.89. The Hall–Kier alpha value is -1.69. The Morgan fingerprint density at radius 1 is 1.42 bits per heavy atom. The van der Waals surface area contributed by atoms with Crippen LogP contribution in [0, 0.1) is 15.9 Å². The molecule has 2 rings (SSSR count). The molecule has 1 fully saturated rings. The molecule has 0 amide bonds. The van der Waals surface area contributed by atoms with E-state index < -0.39 is 10.7 Å². The third kappa shape index (κ3) is 3.01. The van der Waals surface area contributed by atoms with Crippen molar-refractivity contribution in [1.29, 1.82) is 0 Å². The molecule has 0 saturated heterocycles. The number of nitro benzene ring substituents is 1. The van der Waals surface area contributed by atoms with Crippen molar-refractivity contribution in [2.45, 2.75) is 31.7 Å². The van der Waals surface area contributed by atoms with Crippen LogP contribution in [0.2, 0.25) is 0 Å². The lowest BCUT2D eigenvalue weighted by atomic mass is 10.1. The summed E-state index contributed by atoms with van der Waals surface area (Å²) >= 11 is 0. The van der Waals surface area contributed by atoms with Gasteiger partial charge in [0.2, 0.25) is 0 Å². The van der Waals surface area contributed by atoms with Crippen LogP contribution >= 0.6 is 0 Å². The SMILES string of the molecule is O=[N+]([O-])c1ccc(N(CCO)C2CCCC2)c(F)c1. The number of non-ortho nitro benzene ring substituents is 1. The molecule has 5 nitrogen and oxygen atoms in total. The lowest BCUT2D eigenvalue weighted by molar-refractivity contribution is -0.385. The van der Waals surface area contributed by atoms with Crippen molar-refractivity contribution in [2.24, 2.45) is 0 Å². The minimum Gasteiger partial charge on any atom is -0.395 e. The Kier molecular flexibility index (Phi) is 4.31. The van der Waals surface area contributed by atoms with Crippen molar-refractivity contribution in [3.05, 3.63) is 34.1 Å². The van der Waals surface area contributed by atoms with Gasteiger partial charge in [0.15, 0.2) is 5.82 Å². The third-order valence-corrected chi connectivity index (χ3v) is 3.56. The zero-order valence-electron chi connectivity index (χ0n) is 10.6. The fourth-order valence-electron chi connectivity index (χ4n) is 2.67. The van der Waals surface area contributed by atoms with E-state index in [1.807, 2.05) is 4.90 Å². The van der Waals surface area contributed by atoms with Crippen LogP contribution < -0.4 is 4.90 Å². The second-order valence-corrected chi connectivity index (χ2v) is 4.75. The number of nitro groups is 1. The molecule has 0 aliphatic heterocycles. The minimum atomic E-state index is -0.612. The molecule has 1 aromatic rings. The number of halogens is 1. The molecule has 0 heterocycles. The van der Waals surface area contributed by atoms with Gasteiger partial charge in [0, 0.05) is 18.7 Å². The van der Waals surface area contributed by atoms with Crippen LogP contribution in [0.25, 0.3) is 0 Å². The van der Waals surface area contributed by atoms with Gasteiger partial charge >= 0.3 is 0 Å². The Morgan fingerprint density at radius 2 is 2.11 bits per heavy atom. The number of benzene rings is 1.